The summed E-state index contributed by atoms with van der Waals surface area (Å²) in [6, 6.07) is 1.64. The molecule has 0 bridgehead atoms. The number of esters is 1. The number of anilines is 1. The van der Waals surface area contributed by atoms with E-state index in [1.807, 2.05) is 36.7 Å². The normalized spacial score (nSPS) is 10.9. The summed E-state index contributed by atoms with van der Waals surface area (Å²) in [5, 5.41) is 9.33. The van der Waals surface area contributed by atoms with Gasteiger partial charge in [-0.25, -0.2) is 4.79 Å². The largest absolute Gasteiger partial charge is 0.465 e. The van der Waals surface area contributed by atoms with E-state index in [9.17, 15) is 9.59 Å². The van der Waals surface area contributed by atoms with Crippen LogP contribution in [0.25, 0.3) is 0 Å². The number of methoxy groups -OCH3 is 1. The number of nitrogens with zero attached hydrogens (tertiary/aromatic N) is 3. The molecule has 0 spiro atoms. The first-order valence-electron chi connectivity index (χ1n) is 7.61. The molecule has 0 atom stereocenters. The van der Waals surface area contributed by atoms with Crippen molar-refractivity contribution in [1.82, 2.24) is 14.7 Å². The second-order valence-corrected chi connectivity index (χ2v) is 6.36. The molecule has 1 amide bonds. The van der Waals surface area contributed by atoms with Crippen LogP contribution in [0.4, 0.5) is 5.00 Å². The molecule has 0 saturated heterocycles. The minimum absolute atomic E-state index is 0.175. The maximum Gasteiger partial charge on any atom is 0.340 e. The predicted octanol–water partition coefficient (Wildman–Crippen LogP) is 2.13. The lowest BCUT2D eigenvalue weighted by atomic mass is 10.2. The van der Waals surface area contributed by atoms with Gasteiger partial charge in [0.1, 0.15) is 5.00 Å². The number of hydrogen-bond donors (Lipinski definition) is 1. The lowest BCUT2D eigenvalue weighted by molar-refractivity contribution is -0.117. The van der Waals surface area contributed by atoms with Crippen LogP contribution in [0.15, 0.2) is 17.6 Å². The van der Waals surface area contributed by atoms with Crippen LogP contribution in [0.3, 0.4) is 0 Å². The molecule has 2 aromatic rings. The number of nitrogens with one attached hydrogen (secondary N) is 1. The Morgan fingerprint density at radius 1 is 1.46 bits per heavy atom. The summed E-state index contributed by atoms with van der Waals surface area (Å²) < 4.78 is 6.63. The molecule has 0 aliphatic rings. The van der Waals surface area contributed by atoms with Gasteiger partial charge in [0.15, 0.2) is 0 Å². The highest BCUT2D eigenvalue weighted by Crippen LogP contribution is 2.23. The van der Waals surface area contributed by atoms with Crippen LogP contribution < -0.4 is 5.32 Å². The Morgan fingerprint density at radius 3 is 2.83 bits per heavy atom. The van der Waals surface area contributed by atoms with Gasteiger partial charge in [-0.15, -0.1) is 11.3 Å². The van der Waals surface area contributed by atoms with E-state index in [-0.39, 0.29) is 12.5 Å². The third kappa shape index (κ3) is 4.21. The summed E-state index contributed by atoms with van der Waals surface area (Å²) in [6.07, 6.45) is 1.84. The Labute approximate surface area is 145 Å². The molecule has 8 heteroatoms. The van der Waals surface area contributed by atoms with Crippen molar-refractivity contribution >= 4 is 28.2 Å². The van der Waals surface area contributed by atoms with E-state index in [0.29, 0.717) is 17.1 Å². The molecular formula is C16H22N4O3S. The Kier molecular flexibility index (Phi) is 6.10. The summed E-state index contributed by atoms with van der Waals surface area (Å²) in [4.78, 5) is 25.7. The van der Waals surface area contributed by atoms with Crippen LogP contribution >= 0.6 is 11.3 Å². The van der Waals surface area contributed by atoms with Crippen molar-refractivity contribution < 1.29 is 14.3 Å². The predicted molar refractivity (Wildman–Crippen MR) is 93.3 cm³/mol. The molecule has 7 nitrogen and oxygen atoms in total. The van der Waals surface area contributed by atoms with Gasteiger partial charge in [0.25, 0.3) is 0 Å². The molecule has 1 N–H and O–H groups in total. The van der Waals surface area contributed by atoms with Crippen molar-refractivity contribution in [2.75, 3.05) is 26.0 Å². The van der Waals surface area contributed by atoms with Crippen LogP contribution in [0.1, 0.15) is 28.5 Å². The van der Waals surface area contributed by atoms with Crippen LogP contribution in [-0.4, -0.2) is 47.3 Å². The molecule has 2 rings (SSSR count). The first-order valence-corrected chi connectivity index (χ1v) is 8.49. The summed E-state index contributed by atoms with van der Waals surface area (Å²) in [6.45, 7) is 5.74. The van der Waals surface area contributed by atoms with Crippen LogP contribution in [0.5, 0.6) is 0 Å². The molecular weight excluding hydrogens is 328 g/mol. The van der Waals surface area contributed by atoms with E-state index < -0.39 is 5.97 Å². The Bertz CT molecular complexity index is 723. The smallest absolute Gasteiger partial charge is 0.340 e. The Balaban J connectivity index is 1.93. The van der Waals surface area contributed by atoms with E-state index in [4.69, 9.17) is 4.74 Å². The molecule has 0 fully saturated rings. The monoisotopic (exact) mass is 350 g/mol. The number of carbonyl (C=O) groups is 2. The SMILES string of the molecule is CCn1ncc(CN(C)CC(=O)Nc2sccc2C(=O)OC)c1C. The van der Waals surface area contributed by atoms with Gasteiger partial charge in [0.05, 0.1) is 25.4 Å². The number of thiophene rings is 1. The fourth-order valence-corrected chi connectivity index (χ4v) is 3.19. The number of carbonyl (C=O) groups excluding carboxylic acids is 2. The van der Waals surface area contributed by atoms with Crippen molar-refractivity contribution in [3.63, 3.8) is 0 Å². The molecule has 130 valence electrons. The van der Waals surface area contributed by atoms with Crippen LogP contribution in [0.2, 0.25) is 0 Å². The fraction of sp³-hybridized carbons (Fsp3) is 0.438. The molecule has 2 aromatic heterocycles. The zero-order chi connectivity index (χ0) is 17.7. The number of amides is 1. The Morgan fingerprint density at radius 2 is 2.21 bits per heavy atom. The lowest BCUT2D eigenvalue weighted by Crippen LogP contribution is -2.30. The minimum atomic E-state index is -0.456. The molecule has 0 radical (unpaired) electrons. The summed E-state index contributed by atoms with van der Waals surface area (Å²) in [7, 11) is 3.19. The fourth-order valence-electron chi connectivity index (χ4n) is 2.39. The number of rotatable bonds is 7. The number of hydrogen-bond acceptors (Lipinski definition) is 6. The molecule has 24 heavy (non-hydrogen) atoms. The quantitative estimate of drug-likeness (QED) is 0.774. The molecule has 2 heterocycles. The topological polar surface area (TPSA) is 76.5 Å². The number of aryl methyl sites for hydroxylation is 1. The molecule has 0 aromatic carbocycles. The molecule has 0 aliphatic carbocycles. The second kappa shape index (κ2) is 8.07. The zero-order valence-corrected chi connectivity index (χ0v) is 15.1. The van der Waals surface area contributed by atoms with Crippen molar-refractivity contribution in [3.05, 3.63) is 34.5 Å². The zero-order valence-electron chi connectivity index (χ0n) is 14.3. The number of aromatic nitrogens is 2. The third-order valence-electron chi connectivity index (χ3n) is 3.68. The van der Waals surface area contributed by atoms with Crippen molar-refractivity contribution in [2.45, 2.75) is 26.9 Å². The van der Waals surface area contributed by atoms with E-state index >= 15 is 0 Å². The van der Waals surface area contributed by atoms with Gasteiger partial charge in [-0.2, -0.15) is 5.10 Å². The standard InChI is InChI=1S/C16H22N4O3S/c1-5-20-11(2)12(8-17-20)9-19(3)10-14(21)18-15-13(6-7-24-15)16(22)23-4/h6-8H,5,9-10H2,1-4H3,(H,18,21). The van der Waals surface area contributed by atoms with E-state index in [1.165, 1.54) is 18.4 Å². The van der Waals surface area contributed by atoms with Gasteiger partial charge in [0, 0.05) is 24.3 Å². The first-order chi connectivity index (χ1) is 11.5. The summed E-state index contributed by atoms with van der Waals surface area (Å²) >= 11 is 1.30. The van der Waals surface area contributed by atoms with Crippen LogP contribution in [0, 0.1) is 6.92 Å². The van der Waals surface area contributed by atoms with Crippen molar-refractivity contribution in [2.24, 2.45) is 0 Å². The average molecular weight is 350 g/mol. The third-order valence-corrected chi connectivity index (χ3v) is 4.51. The number of likely N-dealkylation sites (N-methyl/N-ethyl adjacent to an activating group) is 1. The average Bonchev–Trinajstić information content (AvgIpc) is 3.14. The van der Waals surface area contributed by atoms with E-state index in [2.05, 4.69) is 10.4 Å². The first kappa shape index (κ1) is 18.2. The minimum Gasteiger partial charge on any atom is -0.465 e. The summed E-state index contributed by atoms with van der Waals surface area (Å²) in [5.74, 6) is -0.631. The highest BCUT2D eigenvalue weighted by Gasteiger charge is 2.17. The van der Waals surface area contributed by atoms with E-state index in [0.717, 1.165) is 17.8 Å². The maximum atomic E-state index is 12.2. The Hall–Kier alpha value is -2.19. The molecule has 0 saturated carbocycles. The van der Waals surface area contributed by atoms with E-state index in [1.54, 1.807) is 11.4 Å². The van der Waals surface area contributed by atoms with Gasteiger partial charge in [-0.3, -0.25) is 14.4 Å². The van der Waals surface area contributed by atoms with Gasteiger partial charge in [0.2, 0.25) is 5.91 Å². The maximum absolute atomic E-state index is 12.2. The van der Waals surface area contributed by atoms with Crippen LogP contribution in [-0.2, 0) is 22.6 Å². The second-order valence-electron chi connectivity index (χ2n) is 5.45. The molecule has 0 aliphatic heterocycles. The highest BCUT2D eigenvalue weighted by atomic mass is 32.1. The van der Waals surface area contributed by atoms with Gasteiger partial charge in [-0.05, 0) is 32.3 Å². The van der Waals surface area contributed by atoms with Crippen molar-refractivity contribution in [1.29, 1.82) is 0 Å². The number of ether oxygens (including phenoxy) is 1. The highest BCUT2D eigenvalue weighted by molar-refractivity contribution is 7.14. The van der Waals surface area contributed by atoms with Gasteiger partial charge < -0.3 is 10.1 Å². The van der Waals surface area contributed by atoms with Gasteiger partial charge >= 0.3 is 5.97 Å². The van der Waals surface area contributed by atoms with Gasteiger partial charge in [-0.1, -0.05) is 0 Å². The van der Waals surface area contributed by atoms with Crippen molar-refractivity contribution in [3.8, 4) is 0 Å². The molecule has 0 unspecified atom stereocenters. The summed E-state index contributed by atoms with van der Waals surface area (Å²) in [5.41, 5.74) is 2.58. The lowest BCUT2D eigenvalue weighted by Gasteiger charge is -2.16.